The minimum absolute atomic E-state index is 0. The standard InChI is InChI=1S/C23H41N5O.HI/c1-24-22(25-18-23(6-14-29-15-7-23)28-8-2-3-9-28)27-12-10-26(11-13-27)21-17-19-4-5-20(21)16-19;/h19-21H,2-18H2,1H3,(H,24,25);1H. The van der Waals surface area contributed by atoms with Gasteiger partial charge in [0.05, 0.1) is 0 Å². The minimum atomic E-state index is 0. The van der Waals surface area contributed by atoms with Crippen molar-refractivity contribution in [2.45, 2.75) is 62.9 Å². The van der Waals surface area contributed by atoms with Crippen molar-refractivity contribution < 1.29 is 4.74 Å². The van der Waals surface area contributed by atoms with Crippen LogP contribution in [0.1, 0.15) is 51.4 Å². The molecule has 5 aliphatic rings. The number of aliphatic imine (C=N–C) groups is 1. The molecule has 0 spiro atoms. The second-order valence-corrected chi connectivity index (χ2v) is 10.2. The summed E-state index contributed by atoms with van der Waals surface area (Å²) in [6.07, 6.45) is 11.0. The molecule has 0 aromatic rings. The molecule has 0 amide bonds. The highest BCUT2D eigenvalue weighted by atomic mass is 127. The molecule has 1 N–H and O–H groups in total. The van der Waals surface area contributed by atoms with Crippen molar-refractivity contribution in [2.24, 2.45) is 16.8 Å². The van der Waals surface area contributed by atoms with Gasteiger partial charge in [-0.15, -0.1) is 24.0 Å². The molecule has 0 aromatic carbocycles. The van der Waals surface area contributed by atoms with E-state index < -0.39 is 0 Å². The predicted octanol–water partition coefficient (Wildman–Crippen LogP) is 2.63. The Bertz CT molecular complexity index is 582. The Morgan fingerprint density at radius 3 is 2.33 bits per heavy atom. The third kappa shape index (κ3) is 4.64. The maximum absolute atomic E-state index is 5.71. The first kappa shape index (κ1) is 23.1. The van der Waals surface area contributed by atoms with Gasteiger partial charge >= 0.3 is 0 Å². The molecular formula is C23H42IN5O. The number of likely N-dealkylation sites (tertiary alicyclic amines) is 1. The van der Waals surface area contributed by atoms with E-state index in [-0.39, 0.29) is 29.5 Å². The zero-order chi connectivity index (χ0) is 19.7. The second-order valence-electron chi connectivity index (χ2n) is 10.2. The lowest BCUT2D eigenvalue weighted by molar-refractivity contribution is -0.0167. The van der Waals surface area contributed by atoms with E-state index in [0.29, 0.717) is 0 Å². The monoisotopic (exact) mass is 531 g/mol. The molecule has 6 nitrogen and oxygen atoms in total. The largest absolute Gasteiger partial charge is 0.381 e. The Balaban J connectivity index is 0.00000218. The lowest BCUT2D eigenvalue weighted by Crippen LogP contribution is -2.60. The number of guanidine groups is 1. The fraction of sp³-hybridized carbons (Fsp3) is 0.957. The summed E-state index contributed by atoms with van der Waals surface area (Å²) in [6, 6.07) is 0.881. The lowest BCUT2D eigenvalue weighted by Gasteiger charge is -2.46. The predicted molar refractivity (Wildman–Crippen MR) is 133 cm³/mol. The van der Waals surface area contributed by atoms with Gasteiger partial charge in [-0.05, 0) is 69.9 Å². The van der Waals surface area contributed by atoms with Gasteiger partial charge in [0.15, 0.2) is 5.96 Å². The van der Waals surface area contributed by atoms with Crippen LogP contribution in [0.25, 0.3) is 0 Å². The van der Waals surface area contributed by atoms with E-state index in [1.165, 1.54) is 64.7 Å². The molecule has 0 aromatic heterocycles. The summed E-state index contributed by atoms with van der Waals surface area (Å²) in [5, 5.41) is 3.80. The van der Waals surface area contributed by atoms with Crippen LogP contribution in [0.15, 0.2) is 4.99 Å². The first-order valence-electron chi connectivity index (χ1n) is 12.3. The summed E-state index contributed by atoms with van der Waals surface area (Å²) >= 11 is 0. The summed E-state index contributed by atoms with van der Waals surface area (Å²) in [5.41, 5.74) is 0.260. The molecule has 2 saturated carbocycles. The van der Waals surface area contributed by atoms with Gasteiger partial charge in [0.1, 0.15) is 0 Å². The molecule has 3 aliphatic heterocycles. The first-order valence-corrected chi connectivity index (χ1v) is 12.3. The average Bonchev–Trinajstić information content (AvgIpc) is 3.54. The van der Waals surface area contributed by atoms with Gasteiger partial charge in [-0.1, -0.05) is 6.42 Å². The molecule has 3 saturated heterocycles. The molecular weight excluding hydrogens is 489 g/mol. The molecule has 3 unspecified atom stereocenters. The highest BCUT2D eigenvalue weighted by Gasteiger charge is 2.43. The van der Waals surface area contributed by atoms with E-state index in [0.717, 1.165) is 69.5 Å². The fourth-order valence-electron chi connectivity index (χ4n) is 7.05. The van der Waals surface area contributed by atoms with Crippen LogP contribution in [0.4, 0.5) is 0 Å². The molecule has 0 radical (unpaired) electrons. The fourth-order valence-corrected chi connectivity index (χ4v) is 7.05. The summed E-state index contributed by atoms with van der Waals surface area (Å²) < 4.78 is 5.71. The molecule has 7 heteroatoms. The van der Waals surface area contributed by atoms with Crippen LogP contribution >= 0.6 is 24.0 Å². The van der Waals surface area contributed by atoms with Gasteiger partial charge in [0.2, 0.25) is 0 Å². The number of nitrogens with one attached hydrogen (secondary N) is 1. The van der Waals surface area contributed by atoms with Crippen LogP contribution in [0.2, 0.25) is 0 Å². The summed E-state index contributed by atoms with van der Waals surface area (Å²) in [7, 11) is 1.96. The zero-order valence-corrected chi connectivity index (χ0v) is 21.2. The molecule has 2 bridgehead atoms. The highest BCUT2D eigenvalue weighted by Crippen LogP contribution is 2.46. The topological polar surface area (TPSA) is 43.3 Å². The van der Waals surface area contributed by atoms with Gasteiger partial charge in [-0.25, -0.2) is 0 Å². The van der Waals surface area contributed by atoms with E-state index in [1.807, 2.05) is 7.05 Å². The normalized spacial score (nSPS) is 34.9. The van der Waals surface area contributed by atoms with Crippen molar-refractivity contribution in [1.82, 2.24) is 20.0 Å². The smallest absolute Gasteiger partial charge is 0.193 e. The molecule has 5 fully saturated rings. The van der Waals surface area contributed by atoms with Crippen LogP contribution in [-0.4, -0.2) is 98.3 Å². The Hall–Kier alpha value is -0.120. The zero-order valence-electron chi connectivity index (χ0n) is 18.9. The van der Waals surface area contributed by atoms with E-state index >= 15 is 0 Å². The molecule has 30 heavy (non-hydrogen) atoms. The van der Waals surface area contributed by atoms with Gasteiger partial charge < -0.3 is 15.0 Å². The van der Waals surface area contributed by atoms with E-state index in [9.17, 15) is 0 Å². The SMILES string of the molecule is CN=C(NCC1(N2CCCC2)CCOCC1)N1CCN(C2CC3CCC2C3)CC1.I. The number of hydrogen-bond donors (Lipinski definition) is 1. The van der Waals surface area contributed by atoms with Crippen molar-refractivity contribution >= 4 is 29.9 Å². The molecule has 2 aliphatic carbocycles. The van der Waals surface area contributed by atoms with Crippen molar-refractivity contribution in [3.05, 3.63) is 0 Å². The molecule has 3 atom stereocenters. The number of halogens is 1. The number of rotatable bonds is 4. The van der Waals surface area contributed by atoms with Crippen molar-refractivity contribution in [3.63, 3.8) is 0 Å². The van der Waals surface area contributed by atoms with Crippen LogP contribution in [0, 0.1) is 11.8 Å². The Morgan fingerprint density at radius 2 is 1.73 bits per heavy atom. The van der Waals surface area contributed by atoms with Crippen LogP contribution in [0.5, 0.6) is 0 Å². The number of hydrogen-bond acceptors (Lipinski definition) is 4. The van der Waals surface area contributed by atoms with Crippen molar-refractivity contribution in [3.8, 4) is 0 Å². The number of ether oxygens (including phenoxy) is 1. The maximum atomic E-state index is 5.71. The average molecular weight is 532 g/mol. The van der Waals surface area contributed by atoms with Crippen molar-refractivity contribution in [1.29, 1.82) is 0 Å². The highest BCUT2D eigenvalue weighted by molar-refractivity contribution is 14.0. The minimum Gasteiger partial charge on any atom is -0.381 e. The lowest BCUT2D eigenvalue weighted by atomic mass is 9.88. The second kappa shape index (κ2) is 10.2. The maximum Gasteiger partial charge on any atom is 0.193 e. The van der Waals surface area contributed by atoms with Crippen LogP contribution in [0.3, 0.4) is 0 Å². The summed E-state index contributed by atoms with van der Waals surface area (Å²) in [5.74, 6) is 3.15. The quantitative estimate of drug-likeness (QED) is 0.344. The van der Waals surface area contributed by atoms with Crippen LogP contribution in [-0.2, 0) is 4.74 Å². The molecule has 172 valence electrons. The number of nitrogens with zero attached hydrogens (tertiary/aromatic N) is 4. The first-order chi connectivity index (χ1) is 14.3. The Kier molecular flexibility index (Phi) is 7.85. The number of piperazine rings is 1. The Morgan fingerprint density at radius 1 is 1.00 bits per heavy atom. The Labute approximate surface area is 200 Å². The van der Waals surface area contributed by atoms with Gasteiger partial charge in [-0.2, -0.15) is 0 Å². The molecule has 3 heterocycles. The number of fused-ring (bicyclic) bond motifs is 2. The third-order valence-corrected chi connectivity index (χ3v) is 8.77. The summed E-state index contributed by atoms with van der Waals surface area (Å²) in [4.78, 5) is 12.7. The van der Waals surface area contributed by atoms with Gasteiger partial charge in [0, 0.05) is 64.6 Å². The molecule has 5 rings (SSSR count). The van der Waals surface area contributed by atoms with Crippen molar-refractivity contribution in [2.75, 3.05) is 66.1 Å². The van der Waals surface area contributed by atoms with E-state index in [4.69, 9.17) is 4.74 Å². The summed E-state index contributed by atoms with van der Waals surface area (Å²) in [6.45, 7) is 9.97. The van der Waals surface area contributed by atoms with E-state index in [1.54, 1.807) is 0 Å². The third-order valence-electron chi connectivity index (χ3n) is 8.77. The van der Waals surface area contributed by atoms with Crippen LogP contribution < -0.4 is 5.32 Å². The van der Waals surface area contributed by atoms with Gasteiger partial charge in [-0.3, -0.25) is 14.8 Å². The van der Waals surface area contributed by atoms with Gasteiger partial charge in [0.25, 0.3) is 0 Å². The van der Waals surface area contributed by atoms with E-state index in [2.05, 4.69) is 25.0 Å².